The van der Waals surface area contributed by atoms with E-state index in [-0.39, 0.29) is 5.91 Å². The van der Waals surface area contributed by atoms with Crippen molar-refractivity contribution in [3.63, 3.8) is 0 Å². The fourth-order valence-corrected chi connectivity index (χ4v) is 1.43. The van der Waals surface area contributed by atoms with E-state index in [0.717, 1.165) is 11.0 Å². The lowest BCUT2D eigenvalue weighted by molar-refractivity contribution is 0.0832. The second kappa shape index (κ2) is 3.17. The van der Waals surface area contributed by atoms with Gasteiger partial charge in [0.25, 0.3) is 5.91 Å². The predicted molar refractivity (Wildman–Crippen MR) is 58.6 cm³/mol. The van der Waals surface area contributed by atoms with E-state index >= 15 is 0 Å². The molecule has 78 valence electrons. The van der Waals surface area contributed by atoms with Crippen molar-refractivity contribution in [1.29, 1.82) is 0 Å². The molecule has 2 rings (SSSR count). The molecule has 0 aliphatic carbocycles. The number of benzene rings is 1. The summed E-state index contributed by atoms with van der Waals surface area (Å²) >= 11 is 0. The summed E-state index contributed by atoms with van der Waals surface area (Å²) in [5.41, 5.74) is 6.47. The van der Waals surface area contributed by atoms with Crippen LogP contribution >= 0.6 is 0 Å². The van der Waals surface area contributed by atoms with Crippen LogP contribution in [0.2, 0.25) is 0 Å². The molecule has 1 heterocycles. The molecule has 0 bridgehead atoms. The van der Waals surface area contributed by atoms with Crippen LogP contribution in [0.25, 0.3) is 11.0 Å². The topological polar surface area (TPSA) is 60.9 Å². The van der Waals surface area contributed by atoms with Gasteiger partial charge >= 0.3 is 0 Å². The minimum absolute atomic E-state index is 0.156. The lowest BCUT2D eigenvalue weighted by atomic mass is 10.1. The van der Waals surface area contributed by atoms with E-state index in [9.17, 15) is 4.79 Å². The molecule has 4 heteroatoms. The van der Waals surface area contributed by atoms with Gasteiger partial charge in [0.15, 0.2) is 0 Å². The number of fused-ring (bicyclic) bond motifs is 1. The number of carbonyl (C=O) groups excluding carboxylic acids is 1. The van der Waals surface area contributed by atoms with E-state index in [1.54, 1.807) is 13.8 Å². The number of nitrogens with two attached hydrogens (primary N) is 1. The van der Waals surface area contributed by atoms with Crippen molar-refractivity contribution in [2.45, 2.75) is 19.4 Å². The molecule has 0 spiro atoms. The molecule has 0 aliphatic heterocycles. The number of hydrogen-bond acceptors (Lipinski definition) is 3. The van der Waals surface area contributed by atoms with Crippen LogP contribution in [0.3, 0.4) is 0 Å². The number of carbonyl (C=O) groups is 1. The van der Waals surface area contributed by atoms with E-state index in [4.69, 9.17) is 5.73 Å². The lowest BCUT2D eigenvalue weighted by Gasteiger charge is -2.17. The van der Waals surface area contributed by atoms with Crippen LogP contribution in [0.5, 0.6) is 0 Å². The van der Waals surface area contributed by atoms with E-state index in [0.29, 0.717) is 0 Å². The minimum Gasteiger partial charge on any atom is -0.318 e. The number of rotatable bonds is 1. The summed E-state index contributed by atoms with van der Waals surface area (Å²) in [4.78, 5) is 16.1. The molecule has 0 saturated heterocycles. The smallest absolute Gasteiger partial charge is 0.251 e. The van der Waals surface area contributed by atoms with Gasteiger partial charge < -0.3 is 5.73 Å². The van der Waals surface area contributed by atoms with Crippen molar-refractivity contribution in [3.8, 4) is 0 Å². The number of imidazole rings is 1. The highest BCUT2D eigenvalue weighted by molar-refractivity contribution is 5.95. The van der Waals surface area contributed by atoms with Gasteiger partial charge in [0.05, 0.1) is 16.6 Å². The van der Waals surface area contributed by atoms with Crippen molar-refractivity contribution in [3.05, 3.63) is 30.6 Å². The highest BCUT2D eigenvalue weighted by atomic mass is 16.2. The van der Waals surface area contributed by atoms with Crippen LogP contribution in [-0.4, -0.2) is 21.0 Å². The van der Waals surface area contributed by atoms with Crippen molar-refractivity contribution >= 4 is 16.9 Å². The van der Waals surface area contributed by atoms with Gasteiger partial charge in [-0.25, -0.2) is 4.98 Å². The largest absolute Gasteiger partial charge is 0.318 e. The molecule has 0 unspecified atom stereocenters. The lowest BCUT2D eigenvalue weighted by Crippen LogP contribution is -2.44. The van der Waals surface area contributed by atoms with Crippen LogP contribution in [0.15, 0.2) is 30.6 Å². The maximum atomic E-state index is 11.9. The second-order valence-corrected chi connectivity index (χ2v) is 4.13. The highest BCUT2D eigenvalue weighted by Crippen LogP contribution is 2.14. The first kappa shape index (κ1) is 9.86. The molecule has 1 aromatic carbocycles. The summed E-state index contributed by atoms with van der Waals surface area (Å²) in [5, 5.41) is 0. The predicted octanol–water partition coefficient (Wildman–Crippen LogP) is 1.41. The Balaban J connectivity index is 2.58. The number of nitrogens with zero attached hydrogens (tertiary/aromatic N) is 2. The molecular weight excluding hydrogens is 190 g/mol. The summed E-state index contributed by atoms with van der Waals surface area (Å²) in [6.45, 7) is 3.37. The van der Waals surface area contributed by atoms with E-state index < -0.39 is 5.54 Å². The fraction of sp³-hybridized carbons (Fsp3) is 0.273. The van der Waals surface area contributed by atoms with E-state index in [1.807, 2.05) is 24.3 Å². The van der Waals surface area contributed by atoms with Gasteiger partial charge in [0.2, 0.25) is 0 Å². The van der Waals surface area contributed by atoms with Crippen molar-refractivity contribution < 1.29 is 4.79 Å². The molecule has 0 fully saturated rings. The summed E-state index contributed by atoms with van der Waals surface area (Å²) in [5.74, 6) is -0.156. The van der Waals surface area contributed by atoms with Gasteiger partial charge in [-0.3, -0.25) is 9.36 Å². The quantitative estimate of drug-likeness (QED) is 0.762. The zero-order valence-electron chi connectivity index (χ0n) is 8.77. The van der Waals surface area contributed by atoms with Crippen LogP contribution in [0, 0.1) is 0 Å². The number of aromatic nitrogens is 2. The van der Waals surface area contributed by atoms with Crippen LogP contribution < -0.4 is 5.73 Å². The van der Waals surface area contributed by atoms with Gasteiger partial charge in [0.1, 0.15) is 6.33 Å². The van der Waals surface area contributed by atoms with Crippen LogP contribution in [0.4, 0.5) is 0 Å². The first-order chi connectivity index (χ1) is 7.00. The Hall–Kier alpha value is -1.68. The third-order valence-electron chi connectivity index (χ3n) is 2.22. The zero-order valence-corrected chi connectivity index (χ0v) is 8.77. The molecule has 0 amide bonds. The van der Waals surface area contributed by atoms with Gasteiger partial charge in [-0.15, -0.1) is 0 Å². The fourth-order valence-electron chi connectivity index (χ4n) is 1.43. The van der Waals surface area contributed by atoms with Gasteiger partial charge in [-0.05, 0) is 26.0 Å². The Morgan fingerprint density at radius 3 is 2.73 bits per heavy atom. The minimum atomic E-state index is -0.885. The molecule has 2 N–H and O–H groups in total. The summed E-state index contributed by atoms with van der Waals surface area (Å²) in [6.07, 6.45) is 1.52. The maximum Gasteiger partial charge on any atom is 0.251 e. The van der Waals surface area contributed by atoms with Crippen molar-refractivity contribution in [2.75, 3.05) is 0 Å². The molecule has 0 saturated carbocycles. The monoisotopic (exact) mass is 203 g/mol. The molecule has 15 heavy (non-hydrogen) atoms. The number of hydrogen-bond donors (Lipinski definition) is 1. The SMILES string of the molecule is CC(C)(N)C(=O)n1cnc2ccccc21. The van der Waals surface area contributed by atoms with E-state index in [1.165, 1.54) is 10.9 Å². The van der Waals surface area contributed by atoms with Gasteiger partial charge in [-0.2, -0.15) is 0 Å². The van der Waals surface area contributed by atoms with Crippen molar-refractivity contribution in [2.24, 2.45) is 5.73 Å². The average molecular weight is 203 g/mol. The van der Waals surface area contributed by atoms with Crippen LogP contribution in [-0.2, 0) is 0 Å². The standard InChI is InChI=1S/C11H13N3O/c1-11(2,12)10(15)14-7-13-8-5-3-4-6-9(8)14/h3-7H,12H2,1-2H3. The summed E-state index contributed by atoms with van der Waals surface area (Å²) in [6, 6.07) is 7.48. The molecule has 0 radical (unpaired) electrons. The Morgan fingerprint density at radius 1 is 1.40 bits per heavy atom. The third kappa shape index (κ3) is 1.64. The first-order valence-corrected chi connectivity index (χ1v) is 4.76. The average Bonchev–Trinajstić information content (AvgIpc) is 2.58. The molecule has 0 atom stereocenters. The zero-order chi connectivity index (χ0) is 11.1. The number of para-hydroxylation sites is 2. The first-order valence-electron chi connectivity index (χ1n) is 4.76. The Labute approximate surface area is 87.7 Å². The van der Waals surface area contributed by atoms with Gasteiger partial charge in [0, 0.05) is 0 Å². The summed E-state index contributed by atoms with van der Waals surface area (Å²) < 4.78 is 1.50. The van der Waals surface area contributed by atoms with E-state index in [2.05, 4.69) is 4.98 Å². The maximum absolute atomic E-state index is 11.9. The second-order valence-electron chi connectivity index (χ2n) is 4.13. The van der Waals surface area contributed by atoms with Gasteiger partial charge in [-0.1, -0.05) is 12.1 Å². The normalized spacial score (nSPS) is 11.9. The Bertz CT molecular complexity index is 508. The molecular formula is C11H13N3O. The highest BCUT2D eigenvalue weighted by Gasteiger charge is 2.24. The molecule has 4 nitrogen and oxygen atoms in total. The van der Waals surface area contributed by atoms with Crippen molar-refractivity contribution in [1.82, 2.24) is 9.55 Å². The molecule has 1 aromatic heterocycles. The third-order valence-corrected chi connectivity index (χ3v) is 2.22. The Kier molecular flexibility index (Phi) is 2.08. The molecule has 2 aromatic rings. The summed E-state index contributed by atoms with van der Waals surface area (Å²) in [7, 11) is 0. The van der Waals surface area contributed by atoms with Crippen LogP contribution in [0.1, 0.15) is 18.6 Å². The molecule has 0 aliphatic rings. The Morgan fingerprint density at radius 2 is 2.07 bits per heavy atom.